The van der Waals surface area contributed by atoms with Gasteiger partial charge in [-0.25, -0.2) is 0 Å². The van der Waals surface area contributed by atoms with Crippen molar-refractivity contribution in [3.63, 3.8) is 0 Å². The maximum atomic E-state index is 10.6. The van der Waals surface area contributed by atoms with Gasteiger partial charge in [0.25, 0.3) is 0 Å². The molecule has 5 heteroatoms. The normalized spacial score (nSPS) is 17.9. The van der Waals surface area contributed by atoms with E-state index >= 15 is 0 Å². The van der Waals surface area contributed by atoms with E-state index in [1.165, 1.54) is 32.1 Å². The largest absolute Gasteiger partial charge is 0.522 e. The molecular weight excluding hydrogens is 207 g/mol. The van der Waals surface area contributed by atoms with E-state index in [0.717, 1.165) is 5.70 Å². The number of alkyl halides is 3. The van der Waals surface area contributed by atoms with Gasteiger partial charge in [0.05, 0.1) is 0 Å². The summed E-state index contributed by atoms with van der Waals surface area (Å²) < 4.78 is 34.6. The summed E-state index contributed by atoms with van der Waals surface area (Å²) in [6.07, 6.45) is 2.18. The molecule has 1 fully saturated rings. The molecule has 0 bridgehead atoms. The Balaban J connectivity index is 0.000000288. The molecule has 0 unspecified atom stereocenters. The van der Waals surface area contributed by atoms with Crippen LogP contribution in [0.25, 0.3) is 0 Å². The first kappa shape index (κ1) is 14.3. The maximum Gasteiger partial charge on any atom is 0.522 e. The van der Waals surface area contributed by atoms with Crippen LogP contribution in [0.5, 0.6) is 0 Å². The summed E-state index contributed by atoms with van der Waals surface area (Å²) >= 11 is 0. The Morgan fingerprint density at radius 2 is 1.67 bits per heavy atom. The van der Waals surface area contributed by atoms with Gasteiger partial charge in [0.1, 0.15) is 0 Å². The topological polar surface area (TPSA) is 35.2 Å². The van der Waals surface area contributed by atoms with Crippen LogP contribution in [-0.2, 0) is 4.74 Å². The Hall–Kier alpha value is -0.710. The number of nitrogens with two attached hydrogens (primary N) is 1. The van der Waals surface area contributed by atoms with Crippen molar-refractivity contribution in [3.8, 4) is 0 Å². The van der Waals surface area contributed by atoms with Crippen LogP contribution in [0.3, 0.4) is 0 Å². The highest BCUT2D eigenvalue weighted by Gasteiger charge is 2.25. The smallest absolute Gasteiger partial charge is 0.402 e. The third kappa shape index (κ3) is 8.30. The highest BCUT2D eigenvalue weighted by atomic mass is 19.4. The predicted octanol–water partition coefficient (Wildman–Crippen LogP) is 3.19. The first-order valence-corrected chi connectivity index (χ1v) is 4.93. The van der Waals surface area contributed by atoms with Crippen LogP contribution in [0, 0.1) is 5.92 Å². The van der Waals surface area contributed by atoms with Gasteiger partial charge in [0.2, 0.25) is 0 Å². The molecule has 1 saturated carbocycles. The van der Waals surface area contributed by atoms with Gasteiger partial charge >= 0.3 is 6.36 Å². The third-order valence-corrected chi connectivity index (χ3v) is 2.36. The molecule has 1 rings (SSSR count). The lowest BCUT2D eigenvalue weighted by atomic mass is 9.88. The van der Waals surface area contributed by atoms with Crippen molar-refractivity contribution in [2.45, 2.75) is 38.5 Å². The van der Waals surface area contributed by atoms with Gasteiger partial charge < -0.3 is 5.73 Å². The van der Waals surface area contributed by atoms with Gasteiger partial charge in [-0.1, -0.05) is 25.8 Å². The Morgan fingerprint density at radius 1 is 1.27 bits per heavy atom. The SMILES string of the molecule is C=C(N)C1CCCCC1.COC(F)(F)F. The van der Waals surface area contributed by atoms with E-state index in [2.05, 4.69) is 11.3 Å². The summed E-state index contributed by atoms with van der Waals surface area (Å²) in [6.45, 7) is 3.76. The van der Waals surface area contributed by atoms with Crippen molar-refractivity contribution in [1.29, 1.82) is 0 Å². The van der Waals surface area contributed by atoms with Gasteiger partial charge in [0, 0.05) is 12.8 Å². The molecule has 0 atom stereocenters. The fraction of sp³-hybridized carbons (Fsp3) is 0.800. The first-order chi connectivity index (χ1) is 6.87. The Kier molecular flexibility index (Phi) is 6.40. The van der Waals surface area contributed by atoms with Gasteiger partial charge in [0.15, 0.2) is 0 Å². The highest BCUT2D eigenvalue weighted by Crippen LogP contribution is 2.26. The van der Waals surface area contributed by atoms with Crippen molar-refractivity contribution in [3.05, 3.63) is 12.3 Å². The zero-order valence-corrected chi connectivity index (χ0v) is 8.94. The standard InChI is InChI=1S/C8H15N.C2H3F3O/c1-7(9)8-5-3-2-4-6-8;1-6-2(3,4)5/h8H,1-6,9H2;1H3. The lowest BCUT2D eigenvalue weighted by Gasteiger charge is -2.20. The van der Waals surface area contributed by atoms with Crippen LogP contribution in [0.2, 0.25) is 0 Å². The van der Waals surface area contributed by atoms with E-state index < -0.39 is 6.36 Å². The Bertz CT molecular complexity index is 186. The van der Waals surface area contributed by atoms with Crippen molar-refractivity contribution >= 4 is 0 Å². The molecule has 0 amide bonds. The van der Waals surface area contributed by atoms with Crippen LogP contribution in [0.1, 0.15) is 32.1 Å². The summed E-state index contributed by atoms with van der Waals surface area (Å²) in [5, 5.41) is 0. The molecule has 2 N–H and O–H groups in total. The molecule has 0 saturated heterocycles. The minimum atomic E-state index is -4.46. The Morgan fingerprint density at radius 3 is 1.87 bits per heavy atom. The van der Waals surface area contributed by atoms with E-state index in [1.54, 1.807) is 0 Å². The quantitative estimate of drug-likeness (QED) is 0.743. The number of ether oxygens (including phenoxy) is 1. The summed E-state index contributed by atoms with van der Waals surface area (Å²) in [5.74, 6) is 0.638. The zero-order chi connectivity index (χ0) is 11.9. The fourth-order valence-electron chi connectivity index (χ4n) is 1.47. The minimum absolute atomic E-state index is 0.583. The van der Waals surface area contributed by atoms with E-state index in [0.29, 0.717) is 13.0 Å². The maximum absolute atomic E-state index is 10.6. The van der Waals surface area contributed by atoms with Gasteiger partial charge in [-0.05, 0) is 18.8 Å². The van der Waals surface area contributed by atoms with Crippen LogP contribution < -0.4 is 5.73 Å². The molecule has 2 nitrogen and oxygen atoms in total. The van der Waals surface area contributed by atoms with E-state index in [9.17, 15) is 13.2 Å². The number of hydrogen-bond acceptors (Lipinski definition) is 2. The number of rotatable bonds is 1. The average molecular weight is 225 g/mol. The fourth-order valence-corrected chi connectivity index (χ4v) is 1.47. The molecule has 90 valence electrons. The van der Waals surface area contributed by atoms with E-state index in [1.807, 2.05) is 0 Å². The molecule has 1 aliphatic carbocycles. The lowest BCUT2D eigenvalue weighted by molar-refractivity contribution is -0.311. The summed E-state index contributed by atoms with van der Waals surface area (Å²) in [4.78, 5) is 0. The third-order valence-electron chi connectivity index (χ3n) is 2.36. The van der Waals surface area contributed by atoms with Crippen LogP contribution >= 0.6 is 0 Å². The van der Waals surface area contributed by atoms with Crippen LogP contribution in [0.4, 0.5) is 13.2 Å². The predicted molar refractivity (Wildman–Crippen MR) is 53.0 cm³/mol. The molecule has 0 aromatic heterocycles. The van der Waals surface area contributed by atoms with Crippen molar-refractivity contribution < 1.29 is 17.9 Å². The number of halogens is 3. The summed E-state index contributed by atoms with van der Waals surface area (Å²) in [7, 11) is 0.583. The van der Waals surface area contributed by atoms with Crippen LogP contribution in [0.15, 0.2) is 12.3 Å². The lowest BCUT2D eigenvalue weighted by Crippen LogP contribution is -2.13. The average Bonchev–Trinajstić information content (AvgIpc) is 2.19. The minimum Gasteiger partial charge on any atom is -0.402 e. The zero-order valence-electron chi connectivity index (χ0n) is 8.94. The van der Waals surface area contributed by atoms with Gasteiger partial charge in [-0.3, -0.25) is 4.74 Å². The molecule has 15 heavy (non-hydrogen) atoms. The molecule has 0 radical (unpaired) electrons. The van der Waals surface area contributed by atoms with Crippen molar-refractivity contribution in [1.82, 2.24) is 0 Å². The van der Waals surface area contributed by atoms with E-state index in [4.69, 9.17) is 5.73 Å². The van der Waals surface area contributed by atoms with Crippen molar-refractivity contribution in [2.24, 2.45) is 11.7 Å². The summed E-state index contributed by atoms with van der Waals surface area (Å²) in [6, 6.07) is 0. The second-order valence-corrected chi connectivity index (χ2v) is 3.56. The number of hydrogen-bond donors (Lipinski definition) is 1. The van der Waals surface area contributed by atoms with E-state index in [-0.39, 0.29) is 0 Å². The second kappa shape index (κ2) is 6.71. The summed E-state index contributed by atoms with van der Waals surface area (Å²) in [5.41, 5.74) is 6.47. The molecule has 0 aliphatic heterocycles. The highest BCUT2D eigenvalue weighted by molar-refractivity contribution is 4.95. The van der Waals surface area contributed by atoms with Gasteiger partial charge in [-0.15, -0.1) is 13.2 Å². The monoisotopic (exact) mass is 225 g/mol. The first-order valence-electron chi connectivity index (χ1n) is 4.93. The molecule has 0 aromatic carbocycles. The number of allylic oxidation sites excluding steroid dienone is 1. The van der Waals surface area contributed by atoms with Gasteiger partial charge in [-0.2, -0.15) is 0 Å². The molecule has 1 aliphatic rings. The Labute approximate surface area is 88.3 Å². The van der Waals surface area contributed by atoms with Crippen molar-refractivity contribution in [2.75, 3.05) is 7.11 Å². The molecule has 0 heterocycles. The second-order valence-electron chi connectivity index (χ2n) is 3.56. The van der Waals surface area contributed by atoms with Crippen LogP contribution in [-0.4, -0.2) is 13.5 Å². The molecular formula is C10H18F3NO. The molecule has 0 spiro atoms. The number of methoxy groups -OCH3 is 1. The molecule has 0 aromatic rings.